The molecule has 0 bridgehead atoms. The molecule has 0 radical (unpaired) electrons. The Hall–Kier alpha value is -1.26. The Labute approximate surface area is 253 Å². The van der Waals surface area contributed by atoms with E-state index in [0.717, 1.165) is 70.5 Å². The number of amides is 1. The van der Waals surface area contributed by atoms with Gasteiger partial charge in [0.25, 0.3) is 0 Å². The average molecular weight is 588 g/mol. The molecule has 6 rings (SSSR count). The number of rotatable bonds is 6. The first-order valence-electron chi connectivity index (χ1n) is 17.6. The molecule has 1 spiro atoms. The van der Waals surface area contributed by atoms with Crippen LogP contribution < -0.4 is 22.1 Å². The molecule has 1 amide bonds. The molecular formula is C33H58FN7O. The lowest BCUT2D eigenvalue weighted by molar-refractivity contribution is -0.126. The molecule has 0 aromatic carbocycles. The van der Waals surface area contributed by atoms with Crippen LogP contribution in [0, 0.1) is 11.3 Å². The highest BCUT2D eigenvalue weighted by Gasteiger charge is 2.43. The number of carbonyl (C=O) groups is 1. The van der Waals surface area contributed by atoms with Crippen LogP contribution in [0.5, 0.6) is 0 Å². The van der Waals surface area contributed by atoms with Crippen molar-refractivity contribution in [2.45, 2.75) is 133 Å². The van der Waals surface area contributed by atoms with Gasteiger partial charge < -0.3 is 27.0 Å². The van der Waals surface area contributed by atoms with E-state index in [4.69, 9.17) is 11.5 Å². The molecule has 8 nitrogen and oxygen atoms in total. The van der Waals surface area contributed by atoms with Crippen LogP contribution in [0.15, 0.2) is 11.4 Å². The van der Waals surface area contributed by atoms with Crippen molar-refractivity contribution in [2.24, 2.45) is 22.8 Å². The number of nitrogens with zero attached hydrogens (tertiary/aromatic N) is 3. The van der Waals surface area contributed by atoms with E-state index in [2.05, 4.69) is 25.3 Å². The van der Waals surface area contributed by atoms with Crippen molar-refractivity contribution in [2.75, 3.05) is 45.8 Å². The van der Waals surface area contributed by atoms with Gasteiger partial charge in [-0.3, -0.25) is 14.6 Å². The standard InChI is InChI=1S/C33H58FN7O/c34-24-11-15-33(13-5-2-6-14-33)20-27(37-21-24)30(31(35)36)32(42)38-28-23-40(25-8-3-1-4-9-25)17-12-29(28)41-19-18-39-16-7-10-26(39)22-41/h24-27,30-31,37H,1-23,35-36H2,(H,38,42)/t24?,26-,27?,30?/m0/s1. The molecule has 4 aliphatic heterocycles. The first-order chi connectivity index (χ1) is 20.4. The predicted molar refractivity (Wildman–Crippen MR) is 166 cm³/mol. The molecule has 238 valence electrons. The van der Waals surface area contributed by atoms with Gasteiger partial charge in [0.2, 0.25) is 5.91 Å². The summed E-state index contributed by atoms with van der Waals surface area (Å²) in [5.41, 5.74) is 15.3. The summed E-state index contributed by atoms with van der Waals surface area (Å²) in [5.74, 6) is -0.679. The van der Waals surface area contributed by atoms with Crippen molar-refractivity contribution in [1.29, 1.82) is 0 Å². The maximum Gasteiger partial charge on any atom is 0.231 e. The van der Waals surface area contributed by atoms with Crippen molar-refractivity contribution in [1.82, 2.24) is 25.3 Å². The largest absolute Gasteiger partial charge is 0.370 e. The van der Waals surface area contributed by atoms with E-state index in [0.29, 0.717) is 18.5 Å². The molecule has 3 unspecified atom stereocenters. The van der Waals surface area contributed by atoms with Crippen LogP contribution in [-0.2, 0) is 4.79 Å². The fourth-order valence-electron chi connectivity index (χ4n) is 9.58. The third-order valence-electron chi connectivity index (χ3n) is 12.0. The van der Waals surface area contributed by atoms with Crippen molar-refractivity contribution in [3.63, 3.8) is 0 Å². The molecule has 2 aliphatic carbocycles. The fraction of sp³-hybridized carbons (Fsp3) is 0.909. The average Bonchev–Trinajstić information content (AvgIpc) is 3.47. The van der Waals surface area contributed by atoms with E-state index in [-0.39, 0.29) is 23.9 Å². The minimum absolute atomic E-state index is 0.0815. The topological polar surface area (TPSA) is 103 Å². The summed E-state index contributed by atoms with van der Waals surface area (Å²) >= 11 is 0. The van der Waals surface area contributed by atoms with E-state index in [1.165, 1.54) is 76.5 Å². The summed E-state index contributed by atoms with van der Waals surface area (Å²) in [5, 5.41) is 6.93. The highest BCUT2D eigenvalue weighted by atomic mass is 19.1. The lowest BCUT2D eigenvalue weighted by Crippen LogP contribution is -2.59. The summed E-state index contributed by atoms with van der Waals surface area (Å²) in [6.45, 7) is 6.54. The van der Waals surface area contributed by atoms with Gasteiger partial charge in [-0.1, -0.05) is 38.5 Å². The number of hydrogen-bond acceptors (Lipinski definition) is 7. The van der Waals surface area contributed by atoms with Gasteiger partial charge in [-0.25, -0.2) is 4.39 Å². The van der Waals surface area contributed by atoms with Gasteiger partial charge >= 0.3 is 0 Å². The summed E-state index contributed by atoms with van der Waals surface area (Å²) in [6, 6.07) is 1.02. The minimum atomic E-state index is -0.893. The van der Waals surface area contributed by atoms with Gasteiger partial charge in [0.05, 0.1) is 17.8 Å². The van der Waals surface area contributed by atoms with Crippen LogP contribution in [0.25, 0.3) is 0 Å². The lowest BCUT2D eigenvalue weighted by Gasteiger charge is -2.46. The molecule has 0 aromatic heterocycles. The van der Waals surface area contributed by atoms with Crippen molar-refractivity contribution >= 4 is 5.91 Å². The Morgan fingerprint density at radius 2 is 1.64 bits per heavy atom. The molecule has 0 aromatic rings. The highest BCUT2D eigenvalue weighted by molar-refractivity contribution is 5.82. The number of hydrogen-bond donors (Lipinski definition) is 4. The number of nitrogens with one attached hydrogen (secondary N) is 2. The lowest BCUT2D eigenvalue weighted by atomic mass is 9.65. The number of fused-ring (bicyclic) bond motifs is 1. The molecule has 6 aliphatic rings. The van der Waals surface area contributed by atoms with Crippen molar-refractivity contribution < 1.29 is 9.18 Å². The van der Waals surface area contributed by atoms with Gasteiger partial charge in [-0.2, -0.15) is 0 Å². The Kier molecular flexibility index (Phi) is 10.1. The highest BCUT2D eigenvalue weighted by Crippen LogP contribution is 2.46. The van der Waals surface area contributed by atoms with Crippen LogP contribution in [0.2, 0.25) is 0 Å². The zero-order valence-electron chi connectivity index (χ0n) is 26.0. The summed E-state index contributed by atoms with van der Waals surface area (Å²) in [7, 11) is 0. The van der Waals surface area contributed by atoms with Crippen LogP contribution in [0.1, 0.15) is 103 Å². The smallest absolute Gasteiger partial charge is 0.231 e. The number of halogens is 1. The van der Waals surface area contributed by atoms with Gasteiger partial charge in [0.15, 0.2) is 0 Å². The van der Waals surface area contributed by atoms with Gasteiger partial charge in [-0.05, 0) is 69.7 Å². The Bertz CT molecular complexity index is 947. The quantitative estimate of drug-likeness (QED) is 0.353. The van der Waals surface area contributed by atoms with E-state index < -0.39 is 18.3 Å². The van der Waals surface area contributed by atoms with E-state index in [9.17, 15) is 9.18 Å². The normalized spacial score (nSPS) is 33.0. The molecule has 2 saturated carbocycles. The van der Waals surface area contributed by atoms with Gasteiger partial charge in [-0.15, -0.1) is 0 Å². The molecule has 42 heavy (non-hydrogen) atoms. The maximum atomic E-state index is 14.9. The SMILES string of the molecule is NC(N)C(C(=O)NC1=C(N2CCN3CCC[C@H]3C2)CCN(C2CCCCC2)C1)C1CC2(CCCCC2)CCC(F)CN1. The van der Waals surface area contributed by atoms with Crippen molar-refractivity contribution in [3.8, 4) is 0 Å². The number of nitrogens with two attached hydrogens (primary N) is 2. The second kappa shape index (κ2) is 13.8. The molecule has 4 heterocycles. The molecule has 5 fully saturated rings. The third kappa shape index (κ3) is 7.01. The Morgan fingerprint density at radius 3 is 2.43 bits per heavy atom. The van der Waals surface area contributed by atoms with E-state index in [1.54, 1.807) is 0 Å². The Morgan fingerprint density at radius 1 is 0.881 bits per heavy atom. The summed E-state index contributed by atoms with van der Waals surface area (Å²) in [6.07, 6.45) is 16.5. The number of carbonyl (C=O) groups excluding carboxylic acids is 1. The van der Waals surface area contributed by atoms with Crippen molar-refractivity contribution in [3.05, 3.63) is 11.4 Å². The minimum Gasteiger partial charge on any atom is -0.370 e. The van der Waals surface area contributed by atoms with Crippen LogP contribution in [-0.4, -0.2) is 96.9 Å². The van der Waals surface area contributed by atoms with Gasteiger partial charge in [0, 0.05) is 69.5 Å². The molecule has 9 heteroatoms. The van der Waals surface area contributed by atoms with Crippen LogP contribution >= 0.6 is 0 Å². The van der Waals surface area contributed by atoms with Crippen LogP contribution in [0.4, 0.5) is 4.39 Å². The first kappa shape index (κ1) is 30.8. The maximum absolute atomic E-state index is 14.9. The number of piperazine rings is 1. The zero-order valence-corrected chi connectivity index (χ0v) is 26.0. The Balaban J connectivity index is 1.23. The van der Waals surface area contributed by atoms with E-state index in [1.807, 2.05) is 0 Å². The van der Waals surface area contributed by atoms with Crippen LogP contribution in [0.3, 0.4) is 0 Å². The fourth-order valence-corrected chi connectivity index (χ4v) is 9.58. The predicted octanol–water partition coefficient (Wildman–Crippen LogP) is 3.42. The number of alkyl halides is 1. The van der Waals surface area contributed by atoms with Gasteiger partial charge in [0.1, 0.15) is 6.17 Å². The molecule has 3 saturated heterocycles. The first-order valence-corrected chi connectivity index (χ1v) is 17.6. The zero-order chi connectivity index (χ0) is 29.1. The second-order valence-electron chi connectivity index (χ2n) is 14.7. The molecular weight excluding hydrogens is 529 g/mol. The summed E-state index contributed by atoms with van der Waals surface area (Å²) < 4.78 is 14.9. The summed E-state index contributed by atoms with van der Waals surface area (Å²) in [4.78, 5) is 22.2. The second-order valence-corrected chi connectivity index (χ2v) is 14.7. The monoisotopic (exact) mass is 587 g/mol. The third-order valence-corrected chi connectivity index (χ3v) is 12.0. The molecule has 6 N–H and O–H groups in total. The molecule has 4 atom stereocenters. The van der Waals surface area contributed by atoms with E-state index >= 15 is 0 Å².